The number of carbonyl (C=O) groups is 2. The minimum absolute atomic E-state index is 0.00565. The predicted molar refractivity (Wildman–Crippen MR) is 182 cm³/mol. The van der Waals surface area contributed by atoms with Gasteiger partial charge in [-0.2, -0.15) is 0 Å². The third-order valence-electron chi connectivity index (χ3n) is 7.78. The number of Topliss-reactive ketones (excluding diaryl/α,β-unsaturated/α-hetero) is 1. The van der Waals surface area contributed by atoms with Gasteiger partial charge in [-0.1, -0.05) is 65.0 Å². The highest BCUT2D eigenvalue weighted by Crippen LogP contribution is 2.29. The van der Waals surface area contributed by atoms with E-state index in [0.29, 0.717) is 6.42 Å². The number of nitrogens with zero attached hydrogens (tertiary/aromatic N) is 2. The summed E-state index contributed by atoms with van der Waals surface area (Å²) in [5.41, 5.74) is 5.30. The first-order valence-corrected chi connectivity index (χ1v) is 16.4. The maximum atomic E-state index is 13.1. The first-order valence-electron chi connectivity index (χ1n) is 16.4. The summed E-state index contributed by atoms with van der Waals surface area (Å²) in [5, 5.41) is 2.93. The standard InChI is InChI=1S/C30H34N2O2.C3H9N.2C2H6/c33-29(17-12-23-8-13-26(14-9-23)31-18-1-2-19-31)28-7-5-6-25(30(28)34)22-24-10-15-27(16-11-24)32-20-3-4-21-32;1-3-4-2;2*1-2/h8-17,22,28H,1-7,18-21H2;4H,3H2,1-2H3;2*1-2H3/b17-12+,25-22+;;;. The van der Waals surface area contributed by atoms with Gasteiger partial charge in [-0.15, -0.1) is 0 Å². The van der Waals surface area contributed by atoms with Crippen molar-refractivity contribution in [2.75, 3.05) is 49.6 Å². The highest BCUT2D eigenvalue weighted by molar-refractivity contribution is 6.16. The zero-order valence-electron chi connectivity index (χ0n) is 27.1. The van der Waals surface area contributed by atoms with E-state index in [4.69, 9.17) is 0 Å². The minimum Gasteiger partial charge on any atom is -0.372 e. The zero-order valence-corrected chi connectivity index (χ0v) is 27.1. The Bertz CT molecular complexity index is 1100. The topological polar surface area (TPSA) is 52.7 Å². The third kappa shape index (κ3) is 10.6. The van der Waals surface area contributed by atoms with Gasteiger partial charge in [0.1, 0.15) is 0 Å². The van der Waals surface area contributed by atoms with Crippen LogP contribution in [0.3, 0.4) is 0 Å². The van der Waals surface area contributed by atoms with Crippen LogP contribution in [0.5, 0.6) is 0 Å². The maximum Gasteiger partial charge on any atom is 0.169 e. The highest BCUT2D eigenvalue weighted by atomic mass is 16.1. The summed E-state index contributed by atoms with van der Waals surface area (Å²) >= 11 is 0. The second kappa shape index (κ2) is 19.9. The van der Waals surface area contributed by atoms with Crippen LogP contribution < -0.4 is 15.1 Å². The van der Waals surface area contributed by atoms with E-state index in [1.54, 1.807) is 6.08 Å². The van der Waals surface area contributed by atoms with Gasteiger partial charge in [-0.05, 0) is 112 Å². The van der Waals surface area contributed by atoms with Crippen LogP contribution in [0.1, 0.15) is 90.7 Å². The van der Waals surface area contributed by atoms with Crippen molar-refractivity contribution in [1.29, 1.82) is 0 Å². The summed E-state index contributed by atoms with van der Waals surface area (Å²) in [4.78, 5) is 30.8. The van der Waals surface area contributed by atoms with Gasteiger partial charge in [-0.25, -0.2) is 0 Å². The summed E-state index contributed by atoms with van der Waals surface area (Å²) < 4.78 is 0. The molecule has 3 fully saturated rings. The van der Waals surface area contributed by atoms with Crippen molar-refractivity contribution in [2.24, 2.45) is 5.92 Å². The van der Waals surface area contributed by atoms with E-state index in [0.717, 1.165) is 62.3 Å². The van der Waals surface area contributed by atoms with E-state index in [9.17, 15) is 9.59 Å². The van der Waals surface area contributed by atoms with Crippen molar-refractivity contribution < 1.29 is 9.59 Å². The smallest absolute Gasteiger partial charge is 0.169 e. The molecule has 0 spiro atoms. The minimum atomic E-state index is -0.552. The molecule has 1 unspecified atom stereocenters. The summed E-state index contributed by atoms with van der Waals surface area (Å²) in [7, 11) is 1.93. The van der Waals surface area contributed by atoms with Gasteiger partial charge in [0.25, 0.3) is 0 Å². The Hall–Kier alpha value is -3.18. The maximum absolute atomic E-state index is 13.1. The molecule has 2 saturated heterocycles. The molecular formula is C37H55N3O2. The molecule has 0 aromatic heterocycles. The largest absolute Gasteiger partial charge is 0.372 e. The molecule has 0 radical (unpaired) electrons. The fourth-order valence-electron chi connectivity index (χ4n) is 5.41. The summed E-state index contributed by atoms with van der Waals surface area (Å²) in [6, 6.07) is 16.8. The molecule has 5 rings (SSSR count). The highest BCUT2D eigenvalue weighted by Gasteiger charge is 2.30. The van der Waals surface area contributed by atoms with Crippen LogP contribution in [0.25, 0.3) is 12.2 Å². The Morgan fingerprint density at radius 1 is 0.786 bits per heavy atom. The van der Waals surface area contributed by atoms with E-state index >= 15 is 0 Å². The number of ketones is 2. The molecule has 230 valence electrons. The number of benzene rings is 2. The first-order chi connectivity index (χ1) is 20.6. The second-order valence-electron chi connectivity index (χ2n) is 10.5. The van der Waals surface area contributed by atoms with Gasteiger partial charge in [-0.3, -0.25) is 9.59 Å². The molecule has 3 aliphatic rings. The number of allylic oxidation sites excluding steroid dienone is 2. The lowest BCUT2D eigenvalue weighted by atomic mass is 9.81. The molecular weight excluding hydrogens is 518 g/mol. The van der Waals surface area contributed by atoms with E-state index < -0.39 is 5.92 Å². The van der Waals surface area contributed by atoms with Crippen LogP contribution in [0.2, 0.25) is 0 Å². The average molecular weight is 574 g/mol. The number of hydrogen-bond acceptors (Lipinski definition) is 5. The summed E-state index contributed by atoms with van der Waals surface area (Å²) in [5.74, 6) is -0.638. The lowest BCUT2D eigenvalue weighted by Gasteiger charge is -2.21. The Kier molecular flexibility index (Phi) is 16.6. The van der Waals surface area contributed by atoms with Crippen LogP contribution in [-0.4, -0.2) is 51.3 Å². The van der Waals surface area contributed by atoms with E-state index in [2.05, 4.69) is 70.6 Å². The van der Waals surface area contributed by atoms with Gasteiger partial charge in [0.15, 0.2) is 11.6 Å². The summed E-state index contributed by atoms with van der Waals surface area (Å²) in [6.07, 6.45) is 12.7. The van der Waals surface area contributed by atoms with Crippen LogP contribution in [-0.2, 0) is 9.59 Å². The Morgan fingerprint density at radius 2 is 1.24 bits per heavy atom. The molecule has 1 atom stereocenters. The molecule has 1 N–H and O–H groups in total. The Morgan fingerprint density at radius 3 is 1.69 bits per heavy atom. The molecule has 2 aromatic rings. The lowest BCUT2D eigenvalue weighted by Crippen LogP contribution is -2.27. The van der Waals surface area contributed by atoms with Crippen molar-refractivity contribution in [2.45, 2.75) is 79.6 Å². The fraction of sp³-hybridized carbons (Fsp3) is 0.514. The van der Waals surface area contributed by atoms with Gasteiger partial charge in [0.2, 0.25) is 0 Å². The molecule has 2 heterocycles. The zero-order chi connectivity index (χ0) is 30.7. The van der Waals surface area contributed by atoms with Crippen LogP contribution in [0, 0.1) is 5.92 Å². The van der Waals surface area contributed by atoms with E-state index in [1.165, 1.54) is 37.1 Å². The average Bonchev–Trinajstić information content (AvgIpc) is 3.79. The van der Waals surface area contributed by atoms with Crippen LogP contribution in [0.15, 0.2) is 60.2 Å². The molecule has 1 saturated carbocycles. The monoisotopic (exact) mass is 573 g/mol. The number of anilines is 2. The quantitative estimate of drug-likeness (QED) is 0.267. The van der Waals surface area contributed by atoms with Crippen LogP contribution in [0.4, 0.5) is 11.4 Å². The predicted octanol–water partition coefficient (Wildman–Crippen LogP) is 8.20. The number of rotatable bonds is 7. The first kappa shape index (κ1) is 35.0. The Labute approximate surface area is 256 Å². The van der Waals surface area contributed by atoms with Gasteiger partial charge >= 0.3 is 0 Å². The normalized spacial score (nSPS) is 19.0. The van der Waals surface area contributed by atoms with Crippen molar-refractivity contribution in [1.82, 2.24) is 5.32 Å². The van der Waals surface area contributed by atoms with Gasteiger partial charge < -0.3 is 15.1 Å². The molecule has 0 amide bonds. The molecule has 0 bridgehead atoms. The molecule has 5 nitrogen and oxygen atoms in total. The fourth-order valence-corrected chi connectivity index (χ4v) is 5.41. The number of carbonyl (C=O) groups excluding carboxylic acids is 2. The third-order valence-corrected chi connectivity index (χ3v) is 7.78. The summed E-state index contributed by atoms with van der Waals surface area (Å²) in [6.45, 7) is 15.6. The second-order valence-corrected chi connectivity index (χ2v) is 10.5. The Balaban J connectivity index is 0.000000699. The molecule has 1 aliphatic carbocycles. The van der Waals surface area contributed by atoms with Crippen molar-refractivity contribution >= 4 is 35.1 Å². The van der Waals surface area contributed by atoms with Crippen molar-refractivity contribution in [3.63, 3.8) is 0 Å². The lowest BCUT2D eigenvalue weighted by molar-refractivity contribution is -0.129. The number of hydrogen-bond donors (Lipinski definition) is 1. The van der Waals surface area contributed by atoms with E-state index in [1.807, 2.05) is 46.9 Å². The van der Waals surface area contributed by atoms with Crippen molar-refractivity contribution in [3.8, 4) is 0 Å². The SMILES string of the molecule is CC.CC.CCNC.O=C(/C=C/c1ccc(N2CCCC2)cc1)C1CCC/C(=C\c2ccc(N3CCCC3)cc2)C1=O. The van der Waals surface area contributed by atoms with Gasteiger partial charge in [0, 0.05) is 37.6 Å². The number of nitrogens with one attached hydrogen (secondary N) is 1. The van der Waals surface area contributed by atoms with Crippen molar-refractivity contribution in [3.05, 3.63) is 71.3 Å². The molecule has 2 aliphatic heterocycles. The molecule has 2 aromatic carbocycles. The van der Waals surface area contributed by atoms with Crippen LogP contribution >= 0.6 is 0 Å². The molecule has 5 heteroatoms. The van der Waals surface area contributed by atoms with E-state index in [-0.39, 0.29) is 11.6 Å². The van der Waals surface area contributed by atoms with Gasteiger partial charge in [0.05, 0.1) is 5.92 Å². The molecule has 42 heavy (non-hydrogen) atoms.